The minimum absolute atomic E-state index is 0.100. The Kier molecular flexibility index (Phi) is 4.94. The highest BCUT2D eigenvalue weighted by atomic mass is 16.6. The van der Waals surface area contributed by atoms with E-state index < -0.39 is 10.6 Å². The van der Waals surface area contributed by atoms with Gasteiger partial charge in [-0.05, 0) is 31.7 Å². The third kappa shape index (κ3) is 3.38. The van der Waals surface area contributed by atoms with Crippen LogP contribution in [0.15, 0.2) is 58.5 Å². The molecule has 9 heteroatoms. The molecule has 1 heterocycles. The van der Waals surface area contributed by atoms with Gasteiger partial charge in [0.15, 0.2) is 5.78 Å². The summed E-state index contributed by atoms with van der Waals surface area (Å²) in [6.45, 7) is 0. The van der Waals surface area contributed by atoms with E-state index in [1.165, 1.54) is 12.1 Å². The Balaban J connectivity index is 1.90. The lowest BCUT2D eigenvalue weighted by molar-refractivity contribution is -0.384. The van der Waals surface area contributed by atoms with Crippen molar-refractivity contribution in [1.82, 2.24) is 0 Å². The average molecular weight is 406 g/mol. The van der Waals surface area contributed by atoms with Gasteiger partial charge < -0.3 is 11.5 Å². The summed E-state index contributed by atoms with van der Waals surface area (Å²) >= 11 is 0. The second-order valence-corrected chi connectivity index (χ2v) is 7.47. The van der Waals surface area contributed by atoms with E-state index in [-0.39, 0.29) is 29.0 Å². The van der Waals surface area contributed by atoms with Crippen molar-refractivity contribution < 1.29 is 9.72 Å². The topological polar surface area (TPSA) is 140 Å². The highest BCUT2D eigenvalue weighted by Crippen LogP contribution is 2.41. The number of nitro groups is 1. The first-order valence-electron chi connectivity index (χ1n) is 9.79. The van der Waals surface area contributed by atoms with Crippen LogP contribution in [0.2, 0.25) is 0 Å². The van der Waals surface area contributed by atoms with Crippen LogP contribution >= 0.6 is 0 Å². The van der Waals surface area contributed by atoms with Gasteiger partial charge in [0.25, 0.3) is 5.69 Å². The summed E-state index contributed by atoms with van der Waals surface area (Å²) in [6.07, 6.45) is 4.31. The predicted octanol–water partition coefficient (Wildman–Crippen LogP) is 2.94. The molecule has 0 unspecified atom stereocenters. The van der Waals surface area contributed by atoms with Crippen molar-refractivity contribution >= 4 is 29.1 Å². The summed E-state index contributed by atoms with van der Waals surface area (Å²) in [5, 5.41) is 11.4. The number of nitrogens with zero attached hydrogens (tertiary/aromatic N) is 4. The van der Waals surface area contributed by atoms with Gasteiger partial charge in [-0.15, -0.1) is 0 Å². The first-order chi connectivity index (χ1) is 14.4. The summed E-state index contributed by atoms with van der Waals surface area (Å²) in [6, 6.07) is 12.8. The van der Waals surface area contributed by atoms with E-state index in [0.717, 1.165) is 19.3 Å². The molecule has 0 amide bonds. The summed E-state index contributed by atoms with van der Waals surface area (Å²) < 4.78 is 0. The number of aliphatic imine (C=N–C) groups is 2. The van der Waals surface area contributed by atoms with Crippen LogP contribution in [0.3, 0.4) is 0 Å². The highest BCUT2D eigenvalue weighted by Gasteiger charge is 2.44. The number of rotatable bonds is 4. The summed E-state index contributed by atoms with van der Waals surface area (Å²) in [4.78, 5) is 34.7. The van der Waals surface area contributed by atoms with Gasteiger partial charge in [-0.1, -0.05) is 36.8 Å². The molecule has 4 rings (SSSR count). The van der Waals surface area contributed by atoms with E-state index in [1.807, 2.05) is 0 Å². The molecule has 1 saturated carbocycles. The fourth-order valence-corrected chi connectivity index (χ4v) is 4.23. The standard InChI is InChI=1S/C21H22N6O3/c22-19-24-20(23)26(21(25-19)11-5-2-6-12-21)17-10-9-15(27(29)30)13-16(17)18(28)14-7-3-1-4-8-14/h1,3-4,7-10,13H,2,5-6,11-12H2,(H4,22,23,24,25). The van der Waals surface area contributed by atoms with Gasteiger partial charge in [-0.3, -0.25) is 19.8 Å². The molecule has 1 spiro atoms. The fourth-order valence-electron chi connectivity index (χ4n) is 4.23. The Morgan fingerprint density at radius 3 is 2.43 bits per heavy atom. The van der Waals surface area contributed by atoms with Crippen LogP contribution < -0.4 is 16.4 Å². The molecule has 1 aliphatic heterocycles. The van der Waals surface area contributed by atoms with Crippen molar-refractivity contribution in [3.05, 3.63) is 69.8 Å². The van der Waals surface area contributed by atoms with Gasteiger partial charge in [-0.2, -0.15) is 4.99 Å². The number of benzene rings is 2. The maximum absolute atomic E-state index is 13.3. The predicted molar refractivity (Wildman–Crippen MR) is 115 cm³/mol. The van der Waals surface area contributed by atoms with E-state index in [4.69, 9.17) is 11.5 Å². The van der Waals surface area contributed by atoms with Crippen LogP contribution in [0, 0.1) is 10.1 Å². The van der Waals surface area contributed by atoms with Crippen LogP contribution in [0.1, 0.15) is 48.0 Å². The molecule has 0 aromatic heterocycles. The monoisotopic (exact) mass is 406 g/mol. The molecular formula is C21H22N6O3. The van der Waals surface area contributed by atoms with Gasteiger partial charge in [0.2, 0.25) is 11.9 Å². The Hall–Kier alpha value is -3.75. The maximum Gasteiger partial charge on any atom is 0.270 e. The number of anilines is 1. The fraction of sp³-hybridized carbons (Fsp3) is 0.286. The van der Waals surface area contributed by atoms with E-state index >= 15 is 0 Å². The van der Waals surface area contributed by atoms with E-state index in [1.54, 1.807) is 41.3 Å². The molecule has 2 aromatic carbocycles. The first-order valence-corrected chi connectivity index (χ1v) is 9.79. The molecule has 0 atom stereocenters. The SMILES string of the molecule is NC1=NC2(CCCCC2)N(c2ccc([N+](=O)[O-])cc2C(=O)c2ccccc2)C(N)=N1. The van der Waals surface area contributed by atoms with Crippen LogP contribution in [0.5, 0.6) is 0 Å². The first kappa shape index (κ1) is 19.6. The number of nitrogens with two attached hydrogens (primary N) is 2. The molecule has 30 heavy (non-hydrogen) atoms. The van der Waals surface area contributed by atoms with Crippen molar-refractivity contribution in [1.29, 1.82) is 0 Å². The number of hydrogen-bond acceptors (Lipinski definition) is 8. The summed E-state index contributed by atoms with van der Waals surface area (Å²) in [5.41, 5.74) is 12.3. The lowest BCUT2D eigenvalue weighted by Crippen LogP contribution is -2.58. The van der Waals surface area contributed by atoms with Crippen LogP contribution in [-0.2, 0) is 0 Å². The number of carbonyl (C=O) groups is 1. The van der Waals surface area contributed by atoms with Gasteiger partial charge >= 0.3 is 0 Å². The summed E-state index contributed by atoms with van der Waals surface area (Å²) in [7, 11) is 0. The van der Waals surface area contributed by atoms with Gasteiger partial charge in [0, 0.05) is 17.7 Å². The third-order valence-corrected chi connectivity index (χ3v) is 5.56. The van der Waals surface area contributed by atoms with Crippen molar-refractivity contribution in [2.24, 2.45) is 21.5 Å². The van der Waals surface area contributed by atoms with Crippen LogP contribution in [0.25, 0.3) is 0 Å². The molecule has 0 bridgehead atoms. The quantitative estimate of drug-likeness (QED) is 0.454. The van der Waals surface area contributed by atoms with Gasteiger partial charge in [0.05, 0.1) is 16.2 Å². The van der Waals surface area contributed by atoms with Gasteiger partial charge in [0.1, 0.15) is 5.66 Å². The second kappa shape index (κ2) is 7.58. The molecule has 2 aliphatic rings. The normalized spacial score (nSPS) is 17.9. The van der Waals surface area contributed by atoms with E-state index in [0.29, 0.717) is 24.1 Å². The average Bonchev–Trinajstić information content (AvgIpc) is 2.74. The molecular weight excluding hydrogens is 384 g/mol. The molecule has 0 radical (unpaired) electrons. The van der Waals surface area contributed by atoms with Crippen molar-refractivity contribution in [3.8, 4) is 0 Å². The zero-order chi connectivity index (χ0) is 21.3. The molecule has 0 saturated heterocycles. The Morgan fingerprint density at radius 1 is 1.07 bits per heavy atom. The smallest absolute Gasteiger partial charge is 0.270 e. The van der Waals surface area contributed by atoms with Crippen LogP contribution in [0.4, 0.5) is 11.4 Å². The third-order valence-electron chi connectivity index (χ3n) is 5.56. The Morgan fingerprint density at radius 2 is 1.77 bits per heavy atom. The molecule has 2 aromatic rings. The minimum atomic E-state index is -0.754. The highest BCUT2D eigenvalue weighted by molar-refractivity contribution is 6.16. The van der Waals surface area contributed by atoms with Crippen molar-refractivity contribution in [3.63, 3.8) is 0 Å². The minimum Gasteiger partial charge on any atom is -0.369 e. The number of ketones is 1. The number of non-ortho nitro benzene ring substituents is 1. The maximum atomic E-state index is 13.3. The molecule has 9 nitrogen and oxygen atoms in total. The molecule has 1 aliphatic carbocycles. The number of guanidine groups is 2. The van der Waals surface area contributed by atoms with E-state index in [9.17, 15) is 14.9 Å². The Bertz CT molecular complexity index is 1060. The summed E-state index contributed by atoms with van der Waals surface area (Å²) in [5.74, 6) is -0.112. The molecule has 1 fully saturated rings. The second-order valence-electron chi connectivity index (χ2n) is 7.47. The largest absolute Gasteiger partial charge is 0.369 e. The van der Waals surface area contributed by atoms with Gasteiger partial charge in [-0.25, -0.2) is 4.99 Å². The van der Waals surface area contributed by atoms with Crippen molar-refractivity contribution in [2.45, 2.75) is 37.8 Å². The van der Waals surface area contributed by atoms with E-state index in [2.05, 4.69) is 9.98 Å². The number of carbonyl (C=O) groups excluding carboxylic acids is 1. The van der Waals surface area contributed by atoms with Crippen molar-refractivity contribution in [2.75, 3.05) is 4.90 Å². The lowest BCUT2D eigenvalue weighted by atomic mass is 9.86. The lowest BCUT2D eigenvalue weighted by Gasteiger charge is -2.46. The Labute approximate surface area is 173 Å². The zero-order valence-electron chi connectivity index (χ0n) is 16.3. The zero-order valence-corrected chi connectivity index (χ0v) is 16.3. The molecule has 154 valence electrons. The number of hydrogen-bond donors (Lipinski definition) is 2. The van der Waals surface area contributed by atoms with Crippen LogP contribution in [-0.4, -0.2) is 28.3 Å². The molecule has 4 N–H and O–H groups in total. The number of nitro benzene ring substituents is 1.